The molecule has 1 heterocycles. The summed E-state index contributed by atoms with van der Waals surface area (Å²) in [4.78, 5) is 21.4. The standard InChI is InChI=1S/C22H17FN4O/c23-16-10-12-17(13-11-16)25-20-18-8-4-5-9-19(18)26-21(27-20)22(28)24-14-15-6-2-1-3-7-15/h1-13H,14H2,(H,24,28)(H,25,26,27). The molecule has 0 fully saturated rings. The Hall–Kier alpha value is -3.80. The Labute approximate surface area is 161 Å². The molecule has 0 bridgehead atoms. The Morgan fingerprint density at radius 3 is 2.36 bits per heavy atom. The number of nitrogens with zero attached hydrogens (tertiary/aromatic N) is 2. The molecule has 5 nitrogen and oxygen atoms in total. The number of hydrogen-bond donors (Lipinski definition) is 2. The average Bonchev–Trinajstić information content (AvgIpc) is 2.74. The number of hydrogen-bond acceptors (Lipinski definition) is 4. The first kappa shape index (κ1) is 17.6. The molecule has 4 aromatic rings. The van der Waals surface area contributed by atoms with E-state index < -0.39 is 0 Å². The molecule has 28 heavy (non-hydrogen) atoms. The van der Waals surface area contributed by atoms with E-state index in [1.165, 1.54) is 12.1 Å². The van der Waals surface area contributed by atoms with Crippen LogP contribution in [0, 0.1) is 5.82 Å². The van der Waals surface area contributed by atoms with E-state index in [4.69, 9.17) is 0 Å². The highest BCUT2D eigenvalue weighted by Gasteiger charge is 2.14. The van der Waals surface area contributed by atoms with Gasteiger partial charge in [-0.3, -0.25) is 4.79 Å². The fraction of sp³-hybridized carbons (Fsp3) is 0.0455. The fourth-order valence-electron chi connectivity index (χ4n) is 2.80. The van der Waals surface area contributed by atoms with Crippen LogP contribution in [0.15, 0.2) is 78.9 Å². The van der Waals surface area contributed by atoms with Crippen molar-refractivity contribution in [3.05, 3.63) is 96.1 Å². The maximum atomic E-state index is 13.2. The van der Waals surface area contributed by atoms with Crippen LogP contribution in [0.5, 0.6) is 0 Å². The Bertz CT molecular complexity index is 1110. The number of nitrogens with one attached hydrogen (secondary N) is 2. The third-order valence-corrected chi connectivity index (χ3v) is 4.21. The lowest BCUT2D eigenvalue weighted by Gasteiger charge is -2.11. The Balaban J connectivity index is 1.63. The topological polar surface area (TPSA) is 66.9 Å². The van der Waals surface area contributed by atoms with E-state index in [-0.39, 0.29) is 17.5 Å². The number of anilines is 2. The summed E-state index contributed by atoms with van der Waals surface area (Å²) in [5.41, 5.74) is 2.30. The van der Waals surface area contributed by atoms with Gasteiger partial charge in [-0.25, -0.2) is 14.4 Å². The van der Waals surface area contributed by atoms with E-state index in [1.807, 2.05) is 54.6 Å². The molecule has 4 rings (SSSR count). The zero-order valence-electron chi connectivity index (χ0n) is 14.9. The normalized spacial score (nSPS) is 10.6. The summed E-state index contributed by atoms with van der Waals surface area (Å²) in [6.45, 7) is 0.386. The van der Waals surface area contributed by atoms with Crippen LogP contribution < -0.4 is 10.6 Å². The zero-order valence-corrected chi connectivity index (χ0v) is 14.9. The largest absolute Gasteiger partial charge is 0.345 e. The van der Waals surface area contributed by atoms with Crippen molar-refractivity contribution in [3.8, 4) is 0 Å². The summed E-state index contributed by atoms with van der Waals surface area (Å²) in [6.07, 6.45) is 0. The van der Waals surface area contributed by atoms with E-state index in [0.717, 1.165) is 10.9 Å². The first-order chi connectivity index (χ1) is 13.7. The molecule has 2 N–H and O–H groups in total. The minimum Gasteiger partial charge on any atom is -0.345 e. The third-order valence-electron chi connectivity index (χ3n) is 4.21. The van der Waals surface area contributed by atoms with Gasteiger partial charge in [-0.1, -0.05) is 42.5 Å². The molecule has 0 unspecified atom stereocenters. The predicted octanol–water partition coefficient (Wildman–Crippen LogP) is 4.44. The molecule has 138 valence electrons. The third kappa shape index (κ3) is 3.96. The monoisotopic (exact) mass is 372 g/mol. The molecule has 0 atom stereocenters. The first-order valence-electron chi connectivity index (χ1n) is 8.80. The van der Waals surface area contributed by atoms with Crippen molar-refractivity contribution < 1.29 is 9.18 Å². The van der Waals surface area contributed by atoms with Crippen molar-refractivity contribution in [2.24, 2.45) is 0 Å². The van der Waals surface area contributed by atoms with Crippen molar-refractivity contribution in [2.75, 3.05) is 5.32 Å². The molecule has 1 aromatic heterocycles. The molecule has 3 aromatic carbocycles. The van der Waals surface area contributed by atoms with Gasteiger partial charge in [0, 0.05) is 17.6 Å². The smallest absolute Gasteiger partial charge is 0.289 e. The lowest BCUT2D eigenvalue weighted by Crippen LogP contribution is -2.25. The SMILES string of the molecule is O=C(NCc1ccccc1)c1nc(Nc2ccc(F)cc2)c2ccccc2n1. The summed E-state index contributed by atoms with van der Waals surface area (Å²) in [5.74, 6) is -0.128. The second-order valence-corrected chi connectivity index (χ2v) is 6.21. The van der Waals surface area contributed by atoms with E-state index in [0.29, 0.717) is 23.6 Å². The van der Waals surface area contributed by atoms with E-state index >= 15 is 0 Å². The van der Waals surface area contributed by atoms with Crippen LogP contribution in [0.2, 0.25) is 0 Å². The first-order valence-corrected chi connectivity index (χ1v) is 8.80. The summed E-state index contributed by atoms with van der Waals surface area (Å²) < 4.78 is 13.2. The second-order valence-electron chi connectivity index (χ2n) is 6.21. The van der Waals surface area contributed by atoms with Crippen LogP contribution in [-0.2, 0) is 6.54 Å². The van der Waals surface area contributed by atoms with Gasteiger partial charge in [-0.05, 0) is 42.0 Å². The Morgan fingerprint density at radius 2 is 1.57 bits per heavy atom. The molecular weight excluding hydrogens is 355 g/mol. The Kier molecular flexibility index (Phi) is 4.93. The number of aromatic nitrogens is 2. The number of rotatable bonds is 5. The highest BCUT2D eigenvalue weighted by molar-refractivity contribution is 5.97. The van der Waals surface area contributed by atoms with Crippen molar-refractivity contribution in [1.29, 1.82) is 0 Å². The average molecular weight is 372 g/mol. The van der Waals surface area contributed by atoms with Crippen LogP contribution in [0.4, 0.5) is 15.9 Å². The van der Waals surface area contributed by atoms with Gasteiger partial charge in [0.05, 0.1) is 5.52 Å². The van der Waals surface area contributed by atoms with Gasteiger partial charge >= 0.3 is 0 Å². The summed E-state index contributed by atoms with van der Waals surface area (Å²) >= 11 is 0. The lowest BCUT2D eigenvalue weighted by molar-refractivity contribution is 0.0941. The fourth-order valence-corrected chi connectivity index (χ4v) is 2.80. The van der Waals surface area contributed by atoms with Crippen LogP contribution in [0.3, 0.4) is 0 Å². The number of amides is 1. The number of fused-ring (bicyclic) bond motifs is 1. The van der Waals surface area contributed by atoms with Crippen molar-refractivity contribution in [3.63, 3.8) is 0 Å². The molecule has 0 saturated carbocycles. The van der Waals surface area contributed by atoms with Gasteiger partial charge < -0.3 is 10.6 Å². The number of halogens is 1. The minimum absolute atomic E-state index is 0.0687. The predicted molar refractivity (Wildman–Crippen MR) is 107 cm³/mol. The molecule has 0 spiro atoms. The Morgan fingerprint density at radius 1 is 0.857 bits per heavy atom. The van der Waals surface area contributed by atoms with Crippen LogP contribution >= 0.6 is 0 Å². The number of para-hydroxylation sites is 1. The maximum Gasteiger partial charge on any atom is 0.289 e. The zero-order chi connectivity index (χ0) is 19.3. The van der Waals surface area contributed by atoms with Crippen molar-refractivity contribution >= 4 is 28.3 Å². The molecule has 0 saturated heterocycles. The molecule has 0 aliphatic heterocycles. The van der Waals surface area contributed by atoms with E-state index in [9.17, 15) is 9.18 Å². The molecule has 0 radical (unpaired) electrons. The summed E-state index contributed by atoms with van der Waals surface area (Å²) in [7, 11) is 0. The van der Waals surface area contributed by atoms with Gasteiger partial charge in [0.1, 0.15) is 11.6 Å². The van der Waals surface area contributed by atoms with Crippen LogP contribution in [0.1, 0.15) is 16.2 Å². The minimum atomic E-state index is -0.364. The van der Waals surface area contributed by atoms with E-state index in [2.05, 4.69) is 20.6 Å². The summed E-state index contributed by atoms with van der Waals surface area (Å²) in [6, 6.07) is 23.0. The second kappa shape index (κ2) is 7.84. The van der Waals surface area contributed by atoms with Gasteiger partial charge in [-0.2, -0.15) is 0 Å². The van der Waals surface area contributed by atoms with E-state index in [1.54, 1.807) is 12.1 Å². The molecule has 0 aliphatic rings. The van der Waals surface area contributed by atoms with Gasteiger partial charge in [0.25, 0.3) is 5.91 Å². The molecule has 0 aliphatic carbocycles. The number of benzene rings is 3. The van der Waals surface area contributed by atoms with Crippen LogP contribution in [0.25, 0.3) is 10.9 Å². The lowest BCUT2D eigenvalue weighted by atomic mass is 10.2. The van der Waals surface area contributed by atoms with Crippen LogP contribution in [-0.4, -0.2) is 15.9 Å². The van der Waals surface area contributed by atoms with Crippen molar-refractivity contribution in [1.82, 2.24) is 15.3 Å². The highest BCUT2D eigenvalue weighted by Crippen LogP contribution is 2.24. The molecule has 1 amide bonds. The highest BCUT2D eigenvalue weighted by atomic mass is 19.1. The quantitative estimate of drug-likeness (QED) is 0.543. The van der Waals surface area contributed by atoms with Crippen molar-refractivity contribution in [2.45, 2.75) is 6.54 Å². The summed E-state index contributed by atoms with van der Waals surface area (Å²) in [5, 5.41) is 6.75. The van der Waals surface area contributed by atoms with Gasteiger partial charge in [-0.15, -0.1) is 0 Å². The van der Waals surface area contributed by atoms with Gasteiger partial charge in [0.15, 0.2) is 0 Å². The number of carbonyl (C=O) groups excluding carboxylic acids is 1. The van der Waals surface area contributed by atoms with Gasteiger partial charge in [0.2, 0.25) is 5.82 Å². The number of carbonyl (C=O) groups is 1. The molecular formula is C22H17FN4O. The molecule has 6 heteroatoms. The maximum absolute atomic E-state index is 13.2.